The number of phenolic OH excluding ortho intramolecular Hbond substituents is 2. The highest BCUT2D eigenvalue weighted by atomic mass is 16.6. The number of aromatic hydroxyl groups is 2. The van der Waals surface area contributed by atoms with Crippen LogP contribution in [0.25, 0.3) is 0 Å². The second-order valence-corrected chi connectivity index (χ2v) is 17.5. The van der Waals surface area contributed by atoms with Crippen LogP contribution in [0.5, 0.6) is 34.5 Å². The molecular formula is C42H56O10. The summed E-state index contributed by atoms with van der Waals surface area (Å²) in [6.45, 7) is 20.4. The van der Waals surface area contributed by atoms with Crippen molar-refractivity contribution in [3.8, 4) is 34.5 Å². The van der Waals surface area contributed by atoms with Crippen molar-refractivity contribution in [2.24, 2.45) is 35.5 Å². The smallest absolute Gasteiger partial charge is 0.172 e. The fourth-order valence-corrected chi connectivity index (χ4v) is 9.85. The van der Waals surface area contributed by atoms with Crippen molar-refractivity contribution in [1.29, 1.82) is 0 Å². The first kappa shape index (κ1) is 36.8. The SMILES string of the molecule is COc1cc(O)c(C(=O)C(C)C)c2c1[C@H]1C[C@H](C(C)C)[C@H]3O[C@H]3[C@@]1(C)O2.COc1cc(O)c(C(=O)C(C)C)c2c1[C@H]1C[C@H](C(C)C)[C@H]3O[C@H]3[C@@]1(C)O2. The van der Waals surface area contributed by atoms with Gasteiger partial charge in [0.2, 0.25) is 0 Å². The van der Waals surface area contributed by atoms with E-state index in [2.05, 4.69) is 41.5 Å². The van der Waals surface area contributed by atoms with E-state index in [4.69, 9.17) is 28.4 Å². The molecule has 0 aromatic heterocycles. The average molecular weight is 721 g/mol. The fourth-order valence-electron chi connectivity index (χ4n) is 9.85. The highest BCUT2D eigenvalue weighted by molar-refractivity contribution is 6.04. The molecule has 0 unspecified atom stereocenters. The fraction of sp³-hybridized carbons (Fsp3) is 0.667. The van der Waals surface area contributed by atoms with Crippen LogP contribution in [-0.2, 0) is 9.47 Å². The van der Waals surface area contributed by atoms with E-state index in [1.807, 2.05) is 27.7 Å². The molecule has 10 nitrogen and oxygen atoms in total. The third kappa shape index (κ3) is 5.32. The van der Waals surface area contributed by atoms with E-state index in [1.54, 1.807) is 26.4 Å². The number of methoxy groups -OCH3 is 2. The van der Waals surface area contributed by atoms with Gasteiger partial charge in [-0.3, -0.25) is 9.59 Å². The number of hydrogen-bond acceptors (Lipinski definition) is 10. The normalized spacial score (nSPS) is 34.2. The summed E-state index contributed by atoms with van der Waals surface area (Å²) in [6.07, 6.45) is 2.34. The number of phenols is 2. The lowest BCUT2D eigenvalue weighted by Crippen LogP contribution is -2.47. The first-order valence-electron chi connectivity index (χ1n) is 19.1. The molecule has 0 spiro atoms. The number of rotatable bonds is 8. The number of fused-ring (bicyclic) bond motifs is 10. The minimum atomic E-state index is -0.522. The molecule has 10 heteroatoms. The van der Waals surface area contributed by atoms with Crippen molar-refractivity contribution in [2.75, 3.05) is 14.2 Å². The predicted molar refractivity (Wildman–Crippen MR) is 194 cm³/mol. The molecule has 0 radical (unpaired) electrons. The van der Waals surface area contributed by atoms with Crippen LogP contribution in [0.15, 0.2) is 12.1 Å². The summed E-state index contributed by atoms with van der Waals surface area (Å²) >= 11 is 0. The van der Waals surface area contributed by atoms with E-state index in [1.165, 1.54) is 0 Å². The lowest BCUT2D eigenvalue weighted by molar-refractivity contribution is 0.0387. The van der Waals surface area contributed by atoms with E-state index in [-0.39, 0.29) is 82.3 Å². The van der Waals surface area contributed by atoms with Gasteiger partial charge >= 0.3 is 0 Å². The van der Waals surface area contributed by atoms with Gasteiger partial charge in [-0.05, 0) is 50.4 Å². The minimum Gasteiger partial charge on any atom is -0.507 e. The molecule has 0 bridgehead atoms. The first-order chi connectivity index (χ1) is 24.4. The Balaban J connectivity index is 0.000000162. The largest absolute Gasteiger partial charge is 0.507 e. The molecule has 2 aromatic carbocycles. The van der Waals surface area contributed by atoms with Gasteiger partial charge in [0.1, 0.15) is 69.0 Å². The van der Waals surface area contributed by atoms with Crippen LogP contribution >= 0.6 is 0 Å². The van der Waals surface area contributed by atoms with Crippen LogP contribution in [0.4, 0.5) is 0 Å². The summed E-state index contributed by atoms with van der Waals surface area (Å²) in [5.74, 6) is 3.44. The zero-order valence-electron chi connectivity index (χ0n) is 32.7. The Morgan fingerprint density at radius 1 is 0.673 bits per heavy atom. The molecule has 2 N–H and O–H groups in total. The van der Waals surface area contributed by atoms with E-state index >= 15 is 0 Å². The molecule has 6 aliphatic rings. The van der Waals surface area contributed by atoms with Crippen molar-refractivity contribution in [3.63, 3.8) is 0 Å². The maximum atomic E-state index is 12.8. The molecule has 2 aromatic rings. The molecule has 4 heterocycles. The number of ether oxygens (including phenoxy) is 6. The number of carbonyl (C=O) groups is 2. The van der Waals surface area contributed by atoms with Gasteiger partial charge < -0.3 is 38.6 Å². The monoisotopic (exact) mass is 720 g/mol. The van der Waals surface area contributed by atoms with Gasteiger partial charge in [0.25, 0.3) is 0 Å². The Morgan fingerprint density at radius 2 is 1.02 bits per heavy atom. The van der Waals surface area contributed by atoms with Gasteiger partial charge in [-0.2, -0.15) is 0 Å². The first-order valence-corrected chi connectivity index (χ1v) is 19.1. The van der Waals surface area contributed by atoms with Crippen molar-refractivity contribution in [2.45, 2.75) is 130 Å². The van der Waals surface area contributed by atoms with E-state index in [0.717, 1.165) is 24.0 Å². The summed E-state index contributed by atoms with van der Waals surface area (Å²) in [7, 11) is 3.18. The van der Waals surface area contributed by atoms with E-state index in [9.17, 15) is 19.8 Å². The highest BCUT2D eigenvalue weighted by Gasteiger charge is 2.69. The summed E-state index contributed by atoms with van der Waals surface area (Å²) in [5.41, 5.74) is 1.35. The molecule has 52 heavy (non-hydrogen) atoms. The molecule has 284 valence electrons. The molecule has 2 aliphatic carbocycles. The third-order valence-corrected chi connectivity index (χ3v) is 13.0. The molecule has 8 rings (SSSR count). The summed E-state index contributed by atoms with van der Waals surface area (Å²) in [5, 5.41) is 21.1. The van der Waals surface area contributed by atoms with Gasteiger partial charge in [0.05, 0.1) is 26.4 Å². The van der Waals surface area contributed by atoms with Crippen molar-refractivity contribution in [1.82, 2.24) is 0 Å². The highest BCUT2D eigenvalue weighted by Crippen LogP contribution is 2.66. The van der Waals surface area contributed by atoms with Crippen molar-refractivity contribution < 1.29 is 48.2 Å². The van der Waals surface area contributed by atoms with Crippen molar-refractivity contribution in [3.05, 3.63) is 34.4 Å². The maximum Gasteiger partial charge on any atom is 0.172 e. The van der Waals surface area contributed by atoms with Crippen LogP contribution in [0.2, 0.25) is 0 Å². The second kappa shape index (κ2) is 12.5. The third-order valence-electron chi connectivity index (χ3n) is 13.0. The van der Waals surface area contributed by atoms with Gasteiger partial charge in [-0.25, -0.2) is 0 Å². The molecule has 2 saturated heterocycles. The van der Waals surface area contributed by atoms with Crippen LogP contribution in [0.3, 0.4) is 0 Å². The number of carbonyl (C=O) groups excluding carboxylic acids is 2. The Kier molecular flexibility index (Phi) is 8.88. The van der Waals surface area contributed by atoms with Gasteiger partial charge in [0.15, 0.2) is 11.6 Å². The van der Waals surface area contributed by atoms with E-state index < -0.39 is 11.2 Å². The maximum absolute atomic E-state index is 12.8. The number of Topliss-reactive ketones (excluding diaryl/α,β-unsaturated/α-hetero) is 2. The Hall–Kier alpha value is -3.50. The lowest BCUT2D eigenvalue weighted by Gasteiger charge is -2.37. The Morgan fingerprint density at radius 3 is 1.31 bits per heavy atom. The Bertz CT molecular complexity index is 1670. The topological polar surface area (TPSA) is 137 Å². The van der Waals surface area contributed by atoms with Gasteiger partial charge in [-0.15, -0.1) is 0 Å². The van der Waals surface area contributed by atoms with Gasteiger partial charge in [-0.1, -0.05) is 55.4 Å². The van der Waals surface area contributed by atoms with Crippen LogP contribution in [0, 0.1) is 35.5 Å². The quantitative estimate of drug-likeness (QED) is 0.205. The molecule has 4 aliphatic heterocycles. The zero-order chi connectivity index (χ0) is 37.9. The number of epoxide rings is 2. The van der Waals surface area contributed by atoms with Crippen LogP contribution in [0.1, 0.15) is 126 Å². The van der Waals surface area contributed by atoms with Crippen LogP contribution in [-0.4, -0.2) is 71.6 Å². The molecule has 4 fully saturated rings. The average Bonchev–Trinajstić information content (AvgIpc) is 4.00. The van der Waals surface area contributed by atoms with E-state index in [0.29, 0.717) is 46.7 Å². The lowest BCUT2D eigenvalue weighted by atomic mass is 9.67. The summed E-state index contributed by atoms with van der Waals surface area (Å²) in [4.78, 5) is 25.6. The standard InChI is InChI=1S/2C21H28O5/c2*1-9(2)11-7-12-15-14(24-6)8-13(22)16(17(23)10(3)4)19(15)26-21(12,5)20-18(11)25-20/h2*8-12,18,20,22H,7H2,1-6H3/t2*11-,12-,18-,20-,21+/m11/s1. The molecule has 0 amide bonds. The summed E-state index contributed by atoms with van der Waals surface area (Å²) < 4.78 is 36.1. The van der Waals surface area contributed by atoms with Gasteiger partial charge in [0, 0.05) is 46.9 Å². The Labute approximate surface area is 307 Å². The molecule has 2 saturated carbocycles. The second-order valence-electron chi connectivity index (χ2n) is 17.5. The molecule has 10 atom stereocenters. The number of hydrogen-bond donors (Lipinski definition) is 2. The number of ketones is 2. The number of benzene rings is 2. The van der Waals surface area contributed by atoms with Crippen LogP contribution < -0.4 is 18.9 Å². The summed E-state index contributed by atoms with van der Waals surface area (Å²) in [6, 6.07) is 3.13. The zero-order valence-corrected chi connectivity index (χ0v) is 32.7. The predicted octanol–water partition coefficient (Wildman–Crippen LogP) is 7.84. The minimum absolute atomic E-state index is 0.0231. The molecular weight excluding hydrogens is 664 g/mol. The van der Waals surface area contributed by atoms with Crippen molar-refractivity contribution >= 4 is 11.6 Å².